The van der Waals surface area contributed by atoms with Crippen LogP contribution in [0.4, 0.5) is 4.39 Å². The number of rotatable bonds is 4. The summed E-state index contributed by atoms with van der Waals surface area (Å²) in [5.74, 6) is -0.396. The number of nitrogens with one attached hydrogen (secondary N) is 1. The number of carbonyl (C=O) groups excluding carboxylic acids is 1. The fourth-order valence-corrected chi connectivity index (χ4v) is 1.30. The standard InChI is InChI=1S/C11H13ClFNO/c1-8-3-4-9(10(13)7-8)11(15)14-6-2-5-12/h3-4,7H,2,5-6H2,1H3,(H,14,15). The SMILES string of the molecule is Cc1ccc(C(=O)NCCCCl)c(F)c1. The number of aryl methyl sites for hydroxylation is 1. The van der Waals surface area contributed by atoms with Gasteiger partial charge >= 0.3 is 0 Å². The first-order valence-electron chi connectivity index (χ1n) is 4.75. The molecule has 1 amide bonds. The molecule has 1 aromatic carbocycles. The summed E-state index contributed by atoms with van der Waals surface area (Å²) in [6.07, 6.45) is 0.681. The Bertz CT molecular complexity index is 354. The third-order valence-corrected chi connectivity index (χ3v) is 2.23. The summed E-state index contributed by atoms with van der Waals surface area (Å²) >= 11 is 5.46. The summed E-state index contributed by atoms with van der Waals surface area (Å²) in [5.41, 5.74) is 0.875. The molecular formula is C11H13ClFNO. The van der Waals surface area contributed by atoms with Gasteiger partial charge in [0.25, 0.3) is 5.91 Å². The highest BCUT2D eigenvalue weighted by Gasteiger charge is 2.10. The van der Waals surface area contributed by atoms with E-state index in [0.717, 1.165) is 5.56 Å². The summed E-state index contributed by atoms with van der Waals surface area (Å²) in [4.78, 5) is 11.5. The molecule has 0 saturated heterocycles. The van der Waals surface area contributed by atoms with E-state index in [4.69, 9.17) is 11.6 Å². The van der Waals surface area contributed by atoms with Crippen molar-refractivity contribution >= 4 is 17.5 Å². The Morgan fingerprint density at radius 1 is 1.53 bits per heavy atom. The van der Waals surface area contributed by atoms with Crippen LogP contribution in [0.3, 0.4) is 0 Å². The Balaban J connectivity index is 2.65. The predicted octanol–water partition coefficient (Wildman–Crippen LogP) is 2.49. The van der Waals surface area contributed by atoms with Crippen molar-refractivity contribution in [3.8, 4) is 0 Å². The summed E-state index contributed by atoms with van der Waals surface area (Å²) < 4.78 is 13.3. The molecule has 0 unspecified atom stereocenters. The molecule has 1 aromatic rings. The second-order valence-corrected chi connectivity index (χ2v) is 3.66. The van der Waals surface area contributed by atoms with E-state index >= 15 is 0 Å². The lowest BCUT2D eigenvalue weighted by Gasteiger charge is -2.05. The largest absolute Gasteiger partial charge is 0.352 e. The predicted molar refractivity (Wildman–Crippen MR) is 58.8 cm³/mol. The van der Waals surface area contributed by atoms with Gasteiger partial charge in [-0.1, -0.05) is 6.07 Å². The van der Waals surface area contributed by atoms with Crippen LogP contribution in [0.15, 0.2) is 18.2 Å². The van der Waals surface area contributed by atoms with Gasteiger partial charge in [-0.3, -0.25) is 4.79 Å². The summed E-state index contributed by atoms with van der Waals surface area (Å²) in [6, 6.07) is 4.54. The van der Waals surface area contributed by atoms with Crippen LogP contribution in [0.25, 0.3) is 0 Å². The van der Waals surface area contributed by atoms with Crippen LogP contribution in [0.2, 0.25) is 0 Å². The summed E-state index contributed by atoms with van der Waals surface area (Å²) in [5, 5.41) is 2.60. The van der Waals surface area contributed by atoms with E-state index in [0.29, 0.717) is 18.8 Å². The monoisotopic (exact) mass is 229 g/mol. The van der Waals surface area contributed by atoms with Gasteiger partial charge in [0.2, 0.25) is 0 Å². The highest BCUT2D eigenvalue weighted by molar-refractivity contribution is 6.17. The molecule has 0 saturated carbocycles. The van der Waals surface area contributed by atoms with E-state index in [-0.39, 0.29) is 5.56 Å². The average molecular weight is 230 g/mol. The van der Waals surface area contributed by atoms with Crippen molar-refractivity contribution in [3.63, 3.8) is 0 Å². The number of hydrogen-bond acceptors (Lipinski definition) is 1. The first-order valence-corrected chi connectivity index (χ1v) is 5.29. The molecule has 4 heteroatoms. The van der Waals surface area contributed by atoms with E-state index < -0.39 is 11.7 Å². The van der Waals surface area contributed by atoms with Crippen molar-refractivity contribution in [1.29, 1.82) is 0 Å². The maximum atomic E-state index is 13.3. The third kappa shape index (κ3) is 3.51. The second kappa shape index (κ2) is 5.71. The minimum absolute atomic E-state index is 0.0789. The van der Waals surface area contributed by atoms with Gasteiger partial charge in [0.1, 0.15) is 5.82 Å². The number of halogens is 2. The van der Waals surface area contributed by atoms with E-state index in [1.807, 2.05) is 0 Å². The van der Waals surface area contributed by atoms with Gasteiger partial charge in [-0.05, 0) is 31.0 Å². The molecule has 1 rings (SSSR count). The zero-order valence-electron chi connectivity index (χ0n) is 8.52. The van der Waals surface area contributed by atoms with Crippen molar-refractivity contribution in [2.75, 3.05) is 12.4 Å². The van der Waals surface area contributed by atoms with Gasteiger partial charge in [0.15, 0.2) is 0 Å². The lowest BCUT2D eigenvalue weighted by Crippen LogP contribution is -2.25. The molecule has 0 fully saturated rings. The number of alkyl halides is 1. The number of hydrogen-bond donors (Lipinski definition) is 1. The molecule has 0 spiro atoms. The molecule has 82 valence electrons. The molecule has 0 heterocycles. The smallest absolute Gasteiger partial charge is 0.254 e. The van der Waals surface area contributed by atoms with Crippen LogP contribution >= 0.6 is 11.6 Å². The topological polar surface area (TPSA) is 29.1 Å². The first-order chi connectivity index (χ1) is 7.15. The van der Waals surface area contributed by atoms with E-state index in [1.165, 1.54) is 12.1 Å². The van der Waals surface area contributed by atoms with Gasteiger partial charge in [-0.15, -0.1) is 11.6 Å². The molecule has 0 aliphatic rings. The molecule has 0 atom stereocenters. The molecule has 0 aromatic heterocycles. The molecule has 0 radical (unpaired) electrons. The second-order valence-electron chi connectivity index (χ2n) is 3.28. The molecule has 15 heavy (non-hydrogen) atoms. The van der Waals surface area contributed by atoms with Crippen molar-refractivity contribution in [2.24, 2.45) is 0 Å². The fourth-order valence-electron chi connectivity index (χ4n) is 1.17. The lowest BCUT2D eigenvalue weighted by molar-refractivity contribution is 0.0950. The third-order valence-electron chi connectivity index (χ3n) is 1.97. The van der Waals surface area contributed by atoms with Crippen molar-refractivity contribution < 1.29 is 9.18 Å². The van der Waals surface area contributed by atoms with Crippen LogP contribution < -0.4 is 5.32 Å². The van der Waals surface area contributed by atoms with Gasteiger partial charge < -0.3 is 5.32 Å². The molecule has 0 aliphatic heterocycles. The fraction of sp³-hybridized carbons (Fsp3) is 0.364. The molecule has 1 N–H and O–H groups in total. The Morgan fingerprint density at radius 2 is 2.27 bits per heavy atom. The molecule has 0 bridgehead atoms. The zero-order valence-corrected chi connectivity index (χ0v) is 9.27. The summed E-state index contributed by atoms with van der Waals surface area (Å²) in [6.45, 7) is 2.24. The maximum absolute atomic E-state index is 13.3. The van der Waals surface area contributed by atoms with Crippen LogP contribution in [-0.4, -0.2) is 18.3 Å². The highest BCUT2D eigenvalue weighted by atomic mass is 35.5. The summed E-state index contributed by atoms with van der Waals surface area (Å²) in [7, 11) is 0. The van der Waals surface area contributed by atoms with Crippen LogP contribution in [0.1, 0.15) is 22.3 Å². The highest BCUT2D eigenvalue weighted by Crippen LogP contribution is 2.09. The minimum Gasteiger partial charge on any atom is -0.352 e. The normalized spacial score (nSPS) is 10.1. The van der Waals surface area contributed by atoms with Gasteiger partial charge in [0, 0.05) is 12.4 Å². The van der Waals surface area contributed by atoms with Crippen molar-refractivity contribution in [2.45, 2.75) is 13.3 Å². The Kier molecular flexibility index (Phi) is 4.56. The van der Waals surface area contributed by atoms with Gasteiger partial charge in [-0.25, -0.2) is 4.39 Å². The van der Waals surface area contributed by atoms with E-state index in [2.05, 4.69) is 5.32 Å². The van der Waals surface area contributed by atoms with E-state index in [1.54, 1.807) is 13.0 Å². The Labute approximate surface area is 93.4 Å². The zero-order chi connectivity index (χ0) is 11.3. The molecule has 2 nitrogen and oxygen atoms in total. The van der Waals surface area contributed by atoms with Gasteiger partial charge in [-0.2, -0.15) is 0 Å². The lowest BCUT2D eigenvalue weighted by atomic mass is 10.1. The maximum Gasteiger partial charge on any atom is 0.254 e. The Morgan fingerprint density at radius 3 is 2.87 bits per heavy atom. The Hall–Kier alpha value is -1.09. The van der Waals surface area contributed by atoms with Crippen LogP contribution in [-0.2, 0) is 0 Å². The minimum atomic E-state index is -0.488. The van der Waals surface area contributed by atoms with Crippen LogP contribution in [0, 0.1) is 12.7 Å². The molecular weight excluding hydrogens is 217 g/mol. The number of amides is 1. The van der Waals surface area contributed by atoms with Crippen LogP contribution in [0.5, 0.6) is 0 Å². The number of carbonyl (C=O) groups is 1. The van der Waals surface area contributed by atoms with Crippen molar-refractivity contribution in [3.05, 3.63) is 35.1 Å². The number of benzene rings is 1. The molecule has 0 aliphatic carbocycles. The van der Waals surface area contributed by atoms with Crippen molar-refractivity contribution in [1.82, 2.24) is 5.32 Å². The van der Waals surface area contributed by atoms with E-state index in [9.17, 15) is 9.18 Å². The van der Waals surface area contributed by atoms with Gasteiger partial charge in [0.05, 0.1) is 5.56 Å². The first kappa shape index (κ1) is 12.0. The average Bonchev–Trinajstić information content (AvgIpc) is 2.17. The quantitative estimate of drug-likeness (QED) is 0.624.